The summed E-state index contributed by atoms with van der Waals surface area (Å²) in [5.41, 5.74) is 3.64. The van der Waals surface area contributed by atoms with Gasteiger partial charge in [0.25, 0.3) is 23.3 Å². The molecule has 0 radical (unpaired) electrons. The third-order valence-electron chi connectivity index (χ3n) is 12.4. The Morgan fingerprint density at radius 3 is 2.29 bits per heavy atom. The van der Waals surface area contributed by atoms with Gasteiger partial charge in [0.1, 0.15) is 11.1 Å². The van der Waals surface area contributed by atoms with E-state index in [0.29, 0.717) is 29.9 Å². The molecule has 4 saturated heterocycles. The van der Waals surface area contributed by atoms with Gasteiger partial charge in [0, 0.05) is 70.0 Å². The number of anilines is 2. The fourth-order valence-corrected chi connectivity index (χ4v) is 9.38. The van der Waals surface area contributed by atoms with Gasteiger partial charge in [0.05, 0.1) is 23.0 Å². The van der Waals surface area contributed by atoms with E-state index in [0.717, 1.165) is 68.9 Å². The third kappa shape index (κ3) is 7.01. The first-order valence-corrected chi connectivity index (χ1v) is 19.4. The van der Waals surface area contributed by atoms with Crippen LogP contribution in [0.3, 0.4) is 0 Å². The molecule has 5 amide bonds. The number of nitrogens with one attached hydrogen (secondary N) is 2. The van der Waals surface area contributed by atoms with Crippen molar-refractivity contribution in [2.45, 2.75) is 62.9 Å². The molecule has 3 atom stereocenters. The second kappa shape index (κ2) is 14.5. The number of halogens is 1. The molecule has 0 bridgehead atoms. The highest BCUT2D eigenvalue weighted by Crippen LogP contribution is 2.43. The monoisotopic (exact) mass is 768 g/mol. The highest BCUT2D eigenvalue weighted by molar-refractivity contribution is 6.33. The van der Waals surface area contributed by atoms with Gasteiger partial charge in [-0.3, -0.25) is 39.0 Å². The van der Waals surface area contributed by atoms with Crippen molar-refractivity contribution in [3.05, 3.63) is 86.3 Å². The van der Waals surface area contributed by atoms with Crippen LogP contribution < -0.4 is 21.1 Å². The lowest BCUT2D eigenvalue weighted by Crippen LogP contribution is -2.54. The molecule has 3 aromatic rings. The van der Waals surface area contributed by atoms with Crippen LogP contribution in [0.25, 0.3) is 0 Å². The molecule has 15 heteroatoms. The average molecular weight is 769 g/mol. The van der Waals surface area contributed by atoms with Crippen molar-refractivity contribution in [1.29, 1.82) is 0 Å². The third-order valence-corrected chi connectivity index (χ3v) is 12.8. The number of benzene rings is 2. The molecule has 6 heterocycles. The van der Waals surface area contributed by atoms with Crippen molar-refractivity contribution in [2.75, 3.05) is 56.5 Å². The van der Waals surface area contributed by atoms with Gasteiger partial charge in [-0.2, -0.15) is 5.10 Å². The van der Waals surface area contributed by atoms with Crippen molar-refractivity contribution in [3.8, 4) is 0 Å². The van der Waals surface area contributed by atoms with Crippen molar-refractivity contribution in [2.24, 2.45) is 12.5 Å². The van der Waals surface area contributed by atoms with Crippen molar-refractivity contribution < 1.29 is 24.0 Å². The number of rotatable bonds is 6. The molecule has 1 unspecified atom stereocenters. The van der Waals surface area contributed by atoms with Crippen molar-refractivity contribution >= 4 is 52.5 Å². The summed E-state index contributed by atoms with van der Waals surface area (Å²) in [6.45, 7) is 4.69. The summed E-state index contributed by atoms with van der Waals surface area (Å²) < 4.78 is 1.22. The van der Waals surface area contributed by atoms with Crippen LogP contribution in [0.15, 0.2) is 53.5 Å². The number of piperidine rings is 4. The average Bonchev–Trinajstić information content (AvgIpc) is 3.43. The zero-order valence-corrected chi connectivity index (χ0v) is 31.8. The summed E-state index contributed by atoms with van der Waals surface area (Å²) in [6.07, 6.45) is 6.43. The van der Waals surface area contributed by atoms with Crippen molar-refractivity contribution in [1.82, 2.24) is 29.8 Å². The molecule has 55 heavy (non-hydrogen) atoms. The van der Waals surface area contributed by atoms with E-state index in [-0.39, 0.29) is 52.3 Å². The minimum atomic E-state index is -0.986. The summed E-state index contributed by atoms with van der Waals surface area (Å²) in [5, 5.41) is 9.90. The summed E-state index contributed by atoms with van der Waals surface area (Å²) in [5.74, 6) is -1.72. The molecule has 5 aliphatic heterocycles. The number of carbonyl (C=O) groups excluding carboxylic acids is 5. The van der Waals surface area contributed by atoms with Gasteiger partial charge in [0.15, 0.2) is 0 Å². The molecule has 288 valence electrons. The van der Waals surface area contributed by atoms with E-state index in [2.05, 4.69) is 44.7 Å². The topological polar surface area (TPSA) is 157 Å². The second-order valence-electron chi connectivity index (χ2n) is 15.9. The standard InChI is InChI=1S/C40H45ClN8O6/c1-45-22-26(19-27(23-45)43-31-21-42-46(2)39(55)34(31)41)24-3-5-25(6-4-24)36(52)48-17-13-40(14-18-48)11-15-47(16-12-40)28-7-8-29-30(20-28)38(54)49(37(29)53)32-9-10-33(50)44-35(32)51/h3-8,20-21,26-27,32,43H,9-19,22-23H2,1-2H3,(H,44,50,51)/t26-,27+,32?/m1/s1. The predicted octanol–water partition coefficient (Wildman–Crippen LogP) is 3.26. The Hall–Kier alpha value is -5.08. The van der Waals surface area contributed by atoms with Crippen LogP contribution in [-0.2, 0) is 16.6 Å². The Bertz CT molecular complexity index is 2120. The lowest BCUT2D eigenvalue weighted by molar-refractivity contribution is -0.136. The van der Waals surface area contributed by atoms with Crippen LogP contribution in [0, 0.1) is 5.41 Å². The van der Waals surface area contributed by atoms with Gasteiger partial charge in [-0.05, 0) is 92.8 Å². The number of fused-ring (bicyclic) bond motifs is 1. The number of likely N-dealkylation sites (N-methyl/N-ethyl adjacent to an activating group) is 1. The molecule has 5 aliphatic rings. The molecule has 4 fully saturated rings. The minimum Gasteiger partial charge on any atom is -0.378 e. The first kappa shape index (κ1) is 36.9. The molecule has 1 spiro atoms. The normalized spacial score (nSPS) is 24.3. The first-order valence-electron chi connectivity index (χ1n) is 19.1. The van der Waals surface area contributed by atoms with Gasteiger partial charge in [-0.15, -0.1) is 0 Å². The Morgan fingerprint density at radius 1 is 0.891 bits per heavy atom. The molecule has 2 N–H and O–H groups in total. The predicted molar refractivity (Wildman–Crippen MR) is 205 cm³/mol. The van der Waals surface area contributed by atoms with Crippen LogP contribution in [-0.4, -0.2) is 112 Å². The number of carbonyl (C=O) groups is 5. The number of aromatic nitrogens is 2. The molecule has 1 aromatic heterocycles. The Morgan fingerprint density at radius 2 is 1.58 bits per heavy atom. The number of aryl methyl sites for hydroxylation is 1. The molecule has 2 aromatic carbocycles. The highest BCUT2D eigenvalue weighted by Gasteiger charge is 2.45. The highest BCUT2D eigenvalue weighted by atomic mass is 35.5. The largest absolute Gasteiger partial charge is 0.378 e. The minimum absolute atomic E-state index is 0.0515. The maximum absolute atomic E-state index is 13.6. The molecular weight excluding hydrogens is 724 g/mol. The number of amides is 5. The number of likely N-dealkylation sites (tertiary alicyclic amines) is 2. The molecule has 8 rings (SSSR count). The van der Waals surface area contributed by atoms with Crippen molar-refractivity contribution in [3.63, 3.8) is 0 Å². The number of nitrogens with zero attached hydrogens (tertiary/aromatic N) is 6. The van der Waals surface area contributed by atoms with Crippen LogP contribution in [0.4, 0.5) is 11.4 Å². The summed E-state index contributed by atoms with van der Waals surface area (Å²) in [4.78, 5) is 84.0. The van der Waals surface area contributed by atoms with E-state index in [1.807, 2.05) is 23.1 Å². The van der Waals surface area contributed by atoms with E-state index in [1.165, 1.54) is 10.2 Å². The maximum atomic E-state index is 13.6. The number of hydrogen-bond acceptors (Lipinski definition) is 10. The molecular formula is C40H45ClN8O6. The fraction of sp³-hybridized carbons (Fsp3) is 0.475. The van der Waals surface area contributed by atoms with E-state index in [4.69, 9.17) is 11.6 Å². The first-order chi connectivity index (χ1) is 26.4. The van der Waals surface area contributed by atoms with Gasteiger partial charge in [0.2, 0.25) is 11.8 Å². The number of imide groups is 2. The van der Waals surface area contributed by atoms with Gasteiger partial charge < -0.3 is 20.0 Å². The van der Waals surface area contributed by atoms with E-state index in [1.54, 1.807) is 25.4 Å². The Kier molecular flexibility index (Phi) is 9.74. The van der Waals surface area contributed by atoms with E-state index in [9.17, 15) is 28.8 Å². The van der Waals surface area contributed by atoms with Gasteiger partial charge >= 0.3 is 0 Å². The quantitative estimate of drug-likeness (QED) is 0.357. The zero-order chi connectivity index (χ0) is 38.6. The fourth-order valence-electron chi connectivity index (χ4n) is 9.16. The lowest BCUT2D eigenvalue weighted by atomic mass is 9.71. The number of hydrogen-bond donors (Lipinski definition) is 2. The van der Waals surface area contributed by atoms with E-state index < -0.39 is 29.7 Å². The Balaban J connectivity index is 0.844. The zero-order valence-electron chi connectivity index (χ0n) is 31.1. The smallest absolute Gasteiger partial charge is 0.287 e. The van der Waals surface area contributed by atoms with Gasteiger partial charge in [-0.1, -0.05) is 23.7 Å². The van der Waals surface area contributed by atoms with Crippen LogP contribution in [0.2, 0.25) is 5.02 Å². The van der Waals surface area contributed by atoms with E-state index >= 15 is 0 Å². The maximum Gasteiger partial charge on any atom is 0.287 e. The summed E-state index contributed by atoms with van der Waals surface area (Å²) in [7, 11) is 3.65. The SMILES string of the molecule is CN1C[C@@H](Nc2cnn(C)c(=O)c2Cl)C[C@@H](c2ccc(C(=O)N3CCC4(CC3)CCN(c3ccc5c(c3)C(=O)N(C3CCC(=O)NC3=O)C5=O)CC4)cc2)C1. The van der Waals surface area contributed by atoms with Crippen LogP contribution in [0.5, 0.6) is 0 Å². The molecule has 0 aliphatic carbocycles. The summed E-state index contributed by atoms with van der Waals surface area (Å²) >= 11 is 6.32. The van der Waals surface area contributed by atoms with Gasteiger partial charge in [-0.25, -0.2) is 4.68 Å². The summed E-state index contributed by atoms with van der Waals surface area (Å²) in [6, 6.07) is 12.4. The molecule has 0 saturated carbocycles. The Labute approximate surface area is 323 Å². The van der Waals surface area contributed by atoms with Crippen LogP contribution in [0.1, 0.15) is 87.5 Å². The molecule has 14 nitrogen and oxygen atoms in total. The lowest BCUT2D eigenvalue weighted by Gasteiger charge is -2.47. The second-order valence-corrected chi connectivity index (χ2v) is 16.3. The van der Waals surface area contributed by atoms with Crippen LogP contribution >= 0.6 is 11.6 Å².